The number of hydrogen-bond acceptors (Lipinski definition) is 7. The van der Waals surface area contributed by atoms with Crippen LogP contribution in [-0.4, -0.2) is 73.4 Å². The molecule has 38 heavy (non-hydrogen) atoms. The topological polar surface area (TPSA) is 99.9 Å². The number of halogens is 2. The summed E-state index contributed by atoms with van der Waals surface area (Å²) < 4.78 is 31.9. The second-order valence-corrected chi connectivity index (χ2v) is 9.50. The molecule has 3 heterocycles. The average Bonchev–Trinajstić information content (AvgIpc) is 2.96. The number of piperidine rings is 1. The summed E-state index contributed by atoms with van der Waals surface area (Å²) in [6, 6.07) is 10.2. The molecule has 198 valence electrons. The molecule has 11 heteroatoms. The maximum atomic E-state index is 14.7. The molecule has 2 fully saturated rings. The van der Waals surface area contributed by atoms with Crippen molar-refractivity contribution in [3.63, 3.8) is 0 Å². The van der Waals surface area contributed by atoms with Crippen molar-refractivity contribution in [2.24, 2.45) is 0 Å². The van der Waals surface area contributed by atoms with Crippen molar-refractivity contribution in [1.82, 2.24) is 14.8 Å². The lowest BCUT2D eigenvalue weighted by Crippen LogP contribution is -2.51. The zero-order valence-corrected chi connectivity index (χ0v) is 21.6. The Hall–Kier alpha value is -3.81. The molecule has 0 spiro atoms. The van der Waals surface area contributed by atoms with Crippen LogP contribution in [0, 0.1) is 17.1 Å². The molecule has 1 aromatic heterocycles. The monoisotopic (exact) mass is 539 g/mol. The van der Waals surface area contributed by atoms with Gasteiger partial charge in [-0.05, 0) is 18.2 Å². The van der Waals surface area contributed by atoms with Gasteiger partial charge in [0, 0.05) is 56.7 Å². The molecular weight excluding hydrogens is 513 g/mol. The first-order chi connectivity index (χ1) is 18.5. The summed E-state index contributed by atoms with van der Waals surface area (Å²) in [6.45, 7) is 3.51. The molecule has 2 saturated heterocycles. The number of methoxy groups -OCH3 is 1. The number of ether oxygens (including phenoxy) is 3. The Morgan fingerprint density at radius 3 is 2.63 bits per heavy atom. The minimum absolute atomic E-state index is 0.0315. The van der Waals surface area contributed by atoms with Crippen LogP contribution < -0.4 is 14.8 Å². The smallest absolute Gasteiger partial charge is 0.320 e. The van der Waals surface area contributed by atoms with Crippen LogP contribution in [0.5, 0.6) is 11.5 Å². The van der Waals surface area contributed by atoms with Gasteiger partial charge in [-0.1, -0.05) is 17.7 Å². The number of nitriles is 1. The van der Waals surface area contributed by atoms with E-state index in [9.17, 15) is 14.4 Å². The van der Waals surface area contributed by atoms with Crippen molar-refractivity contribution in [3.05, 3.63) is 52.9 Å². The van der Waals surface area contributed by atoms with Gasteiger partial charge in [0.2, 0.25) is 0 Å². The number of nitrogens with one attached hydrogen (secondary N) is 1. The minimum atomic E-state index is -0.619. The first-order valence-electron chi connectivity index (χ1n) is 12.4. The van der Waals surface area contributed by atoms with E-state index in [4.69, 9.17) is 25.8 Å². The number of carbonyl (C=O) groups is 1. The Morgan fingerprint density at radius 2 is 1.92 bits per heavy atom. The molecular formula is C27H27ClFN5O4. The van der Waals surface area contributed by atoms with Crippen LogP contribution >= 0.6 is 11.6 Å². The highest BCUT2D eigenvalue weighted by molar-refractivity contribution is 6.31. The van der Waals surface area contributed by atoms with E-state index in [1.165, 1.54) is 12.3 Å². The fraction of sp³-hybridized carbons (Fsp3) is 0.370. The van der Waals surface area contributed by atoms with Crippen LogP contribution in [0.2, 0.25) is 5.02 Å². The zero-order chi connectivity index (χ0) is 26.6. The van der Waals surface area contributed by atoms with Crippen LogP contribution in [-0.2, 0) is 4.74 Å². The van der Waals surface area contributed by atoms with Crippen molar-refractivity contribution in [2.45, 2.75) is 18.9 Å². The summed E-state index contributed by atoms with van der Waals surface area (Å²) in [5.41, 5.74) is 1.31. The number of urea groups is 1. The van der Waals surface area contributed by atoms with Gasteiger partial charge in [-0.25, -0.2) is 9.18 Å². The predicted octanol–water partition coefficient (Wildman–Crippen LogP) is 4.95. The lowest BCUT2D eigenvalue weighted by Gasteiger charge is -2.37. The summed E-state index contributed by atoms with van der Waals surface area (Å²) in [7, 11) is 1.54. The fourth-order valence-electron chi connectivity index (χ4n) is 4.71. The Balaban J connectivity index is 1.39. The van der Waals surface area contributed by atoms with E-state index in [0.29, 0.717) is 80.3 Å². The van der Waals surface area contributed by atoms with Gasteiger partial charge in [0.15, 0.2) is 17.3 Å². The van der Waals surface area contributed by atoms with Crippen molar-refractivity contribution < 1.29 is 23.4 Å². The summed E-state index contributed by atoms with van der Waals surface area (Å²) in [5.74, 6) is 0.345. The van der Waals surface area contributed by atoms with Gasteiger partial charge in [0.1, 0.15) is 12.2 Å². The van der Waals surface area contributed by atoms with E-state index in [1.54, 1.807) is 31.4 Å². The quantitative estimate of drug-likeness (QED) is 0.490. The molecule has 0 saturated carbocycles. The standard InChI is InChI=1S/C27H27ClFN5O4/c1-36-23-14-22-19(26(17(15-30)16-31-22)32-21-4-2-3-20(28)25(21)29)13-24(23)38-18-5-7-33(8-6-18)27(35)34-9-11-37-12-10-34/h2-4,13-14,16,18H,5-12H2,1H3,(H,31,32). The number of pyridine rings is 1. The fourth-order valence-corrected chi connectivity index (χ4v) is 4.88. The van der Waals surface area contributed by atoms with Gasteiger partial charge in [0.05, 0.1) is 47.8 Å². The van der Waals surface area contributed by atoms with Crippen molar-refractivity contribution in [3.8, 4) is 17.6 Å². The third kappa shape index (κ3) is 5.26. The summed E-state index contributed by atoms with van der Waals surface area (Å²) in [4.78, 5) is 20.9. The maximum absolute atomic E-state index is 14.7. The minimum Gasteiger partial charge on any atom is -0.493 e. The van der Waals surface area contributed by atoms with Crippen LogP contribution in [0.3, 0.4) is 0 Å². The molecule has 0 atom stereocenters. The van der Waals surface area contributed by atoms with Gasteiger partial charge in [-0.2, -0.15) is 5.26 Å². The highest BCUT2D eigenvalue weighted by atomic mass is 35.5. The van der Waals surface area contributed by atoms with Crippen molar-refractivity contribution in [2.75, 3.05) is 51.8 Å². The lowest BCUT2D eigenvalue weighted by molar-refractivity contribution is 0.0359. The second kappa shape index (κ2) is 11.3. The molecule has 9 nitrogen and oxygen atoms in total. The van der Waals surface area contributed by atoms with E-state index >= 15 is 0 Å². The van der Waals surface area contributed by atoms with Gasteiger partial charge < -0.3 is 29.3 Å². The molecule has 0 aliphatic carbocycles. The average molecular weight is 540 g/mol. The first kappa shape index (κ1) is 25.8. The Bertz CT molecular complexity index is 1380. The second-order valence-electron chi connectivity index (χ2n) is 9.09. The van der Waals surface area contributed by atoms with E-state index in [-0.39, 0.29) is 28.4 Å². The number of benzene rings is 2. The predicted molar refractivity (Wildman–Crippen MR) is 141 cm³/mol. The molecule has 3 aromatic rings. The van der Waals surface area contributed by atoms with Crippen LogP contribution in [0.25, 0.3) is 10.9 Å². The van der Waals surface area contributed by atoms with Gasteiger partial charge in [-0.15, -0.1) is 0 Å². The van der Waals surface area contributed by atoms with E-state index in [1.807, 2.05) is 9.80 Å². The third-order valence-electron chi connectivity index (χ3n) is 6.77. The molecule has 0 bridgehead atoms. The van der Waals surface area contributed by atoms with Crippen molar-refractivity contribution in [1.29, 1.82) is 5.26 Å². The number of hydrogen-bond donors (Lipinski definition) is 1. The number of likely N-dealkylation sites (tertiary alicyclic amines) is 1. The lowest BCUT2D eigenvalue weighted by atomic mass is 10.1. The normalized spacial score (nSPS) is 16.3. The molecule has 1 N–H and O–H groups in total. The summed E-state index contributed by atoms with van der Waals surface area (Å²) >= 11 is 5.96. The maximum Gasteiger partial charge on any atom is 0.320 e. The van der Waals surface area contributed by atoms with Gasteiger partial charge >= 0.3 is 6.03 Å². The number of fused-ring (bicyclic) bond motifs is 1. The molecule has 2 aliphatic rings. The number of morpholine rings is 1. The Morgan fingerprint density at radius 1 is 1.18 bits per heavy atom. The first-order valence-corrected chi connectivity index (χ1v) is 12.8. The molecule has 0 unspecified atom stereocenters. The van der Waals surface area contributed by atoms with Gasteiger partial charge in [-0.3, -0.25) is 4.98 Å². The van der Waals surface area contributed by atoms with E-state index < -0.39 is 5.82 Å². The number of aromatic nitrogens is 1. The Kier molecular flexibility index (Phi) is 7.67. The molecule has 5 rings (SSSR count). The van der Waals surface area contributed by atoms with E-state index in [2.05, 4.69) is 16.4 Å². The summed E-state index contributed by atoms with van der Waals surface area (Å²) in [5, 5.41) is 13.3. The molecule has 2 aromatic carbocycles. The van der Waals surface area contributed by atoms with Crippen LogP contribution in [0.1, 0.15) is 18.4 Å². The van der Waals surface area contributed by atoms with Crippen LogP contribution in [0.15, 0.2) is 36.5 Å². The van der Waals surface area contributed by atoms with E-state index in [0.717, 1.165) is 0 Å². The number of amides is 2. The SMILES string of the molecule is COc1cc2ncc(C#N)c(Nc3cccc(Cl)c3F)c2cc1OC1CCN(C(=O)N2CCOCC2)CC1. The number of carbonyl (C=O) groups excluding carboxylic acids is 1. The molecule has 2 amide bonds. The van der Waals surface area contributed by atoms with Gasteiger partial charge in [0.25, 0.3) is 0 Å². The highest BCUT2D eigenvalue weighted by Gasteiger charge is 2.29. The third-order valence-corrected chi connectivity index (χ3v) is 7.06. The molecule has 2 aliphatic heterocycles. The highest BCUT2D eigenvalue weighted by Crippen LogP contribution is 2.39. The zero-order valence-electron chi connectivity index (χ0n) is 20.9. The van der Waals surface area contributed by atoms with Crippen molar-refractivity contribution >= 4 is 39.9 Å². The number of anilines is 2. The number of rotatable bonds is 5. The van der Waals surface area contributed by atoms with Crippen LogP contribution in [0.4, 0.5) is 20.6 Å². The number of nitrogens with zero attached hydrogens (tertiary/aromatic N) is 4. The summed E-state index contributed by atoms with van der Waals surface area (Å²) in [6.07, 6.45) is 2.61. The largest absolute Gasteiger partial charge is 0.493 e. The Labute approximate surface area is 224 Å². The molecule has 0 radical (unpaired) electrons.